The number of rotatable bonds is 2. The Hall–Kier alpha value is -1.38. The van der Waals surface area contributed by atoms with Gasteiger partial charge in [0.15, 0.2) is 5.65 Å². The minimum absolute atomic E-state index is 0.624. The van der Waals surface area contributed by atoms with Gasteiger partial charge in [-0.15, -0.1) is 0 Å². The van der Waals surface area contributed by atoms with Crippen LogP contribution in [0.25, 0.3) is 11.2 Å². The number of imidazole rings is 1. The molecule has 1 aliphatic rings. The molecular weight excluding hydrogens is 210 g/mol. The number of aromatic nitrogens is 3. The summed E-state index contributed by atoms with van der Waals surface area (Å²) in [6, 6.07) is 4.67. The first kappa shape index (κ1) is 10.8. The van der Waals surface area contributed by atoms with Gasteiger partial charge >= 0.3 is 0 Å². The summed E-state index contributed by atoms with van der Waals surface area (Å²) in [5, 5.41) is 0. The fourth-order valence-electron chi connectivity index (χ4n) is 2.95. The summed E-state index contributed by atoms with van der Waals surface area (Å²) in [4.78, 5) is 9.23. The lowest BCUT2D eigenvalue weighted by atomic mass is 9.95. The second-order valence-electron chi connectivity index (χ2n) is 4.89. The first-order valence-electron chi connectivity index (χ1n) is 6.72. The van der Waals surface area contributed by atoms with Gasteiger partial charge in [-0.3, -0.25) is 0 Å². The number of nitrogens with zero attached hydrogens (tertiary/aromatic N) is 3. The van der Waals surface area contributed by atoms with E-state index in [2.05, 4.69) is 22.5 Å². The molecule has 0 bridgehead atoms. The SMILES string of the molecule is CCc1nc2cccnc2n1C1CCCCC1. The maximum absolute atomic E-state index is 4.71. The van der Waals surface area contributed by atoms with Crippen molar-refractivity contribution in [3.63, 3.8) is 0 Å². The standard InChI is InChI=1S/C14H19N3/c1-2-13-16-12-9-6-10-15-14(12)17(13)11-7-4-3-5-8-11/h6,9-11H,2-5,7-8H2,1H3. The summed E-state index contributed by atoms with van der Waals surface area (Å²) in [7, 11) is 0. The highest BCUT2D eigenvalue weighted by molar-refractivity contribution is 5.71. The van der Waals surface area contributed by atoms with E-state index in [-0.39, 0.29) is 0 Å². The van der Waals surface area contributed by atoms with Crippen LogP contribution in [-0.4, -0.2) is 14.5 Å². The van der Waals surface area contributed by atoms with E-state index >= 15 is 0 Å². The highest BCUT2D eigenvalue weighted by Crippen LogP contribution is 2.31. The zero-order valence-corrected chi connectivity index (χ0v) is 10.4. The van der Waals surface area contributed by atoms with Gasteiger partial charge < -0.3 is 4.57 Å². The van der Waals surface area contributed by atoms with Crippen molar-refractivity contribution in [3.05, 3.63) is 24.2 Å². The van der Waals surface area contributed by atoms with Crippen LogP contribution in [-0.2, 0) is 6.42 Å². The number of hydrogen-bond acceptors (Lipinski definition) is 2. The van der Waals surface area contributed by atoms with Crippen molar-refractivity contribution in [3.8, 4) is 0 Å². The Morgan fingerprint density at radius 2 is 2.12 bits per heavy atom. The Balaban J connectivity index is 2.11. The van der Waals surface area contributed by atoms with E-state index in [0.29, 0.717) is 6.04 Å². The molecule has 3 nitrogen and oxygen atoms in total. The van der Waals surface area contributed by atoms with E-state index in [1.165, 1.54) is 37.9 Å². The van der Waals surface area contributed by atoms with Crippen LogP contribution in [0.1, 0.15) is 50.9 Å². The Kier molecular flexibility index (Phi) is 2.83. The fraction of sp³-hybridized carbons (Fsp3) is 0.571. The Morgan fingerprint density at radius 3 is 2.88 bits per heavy atom. The van der Waals surface area contributed by atoms with Crippen LogP contribution in [0.5, 0.6) is 0 Å². The molecule has 0 aromatic carbocycles. The van der Waals surface area contributed by atoms with Crippen LogP contribution in [0.2, 0.25) is 0 Å². The summed E-state index contributed by atoms with van der Waals surface area (Å²) in [5.41, 5.74) is 2.13. The Morgan fingerprint density at radius 1 is 1.29 bits per heavy atom. The maximum atomic E-state index is 4.71. The van der Waals surface area contributed by atoms with Crippen LogP contribution < -0.4 is 0 Å². The van der Waals surface area contributed by atoms with Crippen molar-refractivity contribution in [2.75, 3.05) is 0 Å². The van der Waals surface area contributed by atoms with E-state index in [9.17, 15) is 0 Å². The third kappa shape index (κ3) is 1.84. The largest absolute Gasteiger partial charge is 0.310 e. The molecule has 2 aromatic heterocycles. The Bertz CT molecular complexity index is 509. The molecule has 0 unspecified atom stereocenters. The number of hydrogen-bond donors (Lipinski definition) is 0. The molecule has 0 N–H and O–H groups in total. The quantitative estimate of drug-likeness (QED) is 0.789. The molecule has 1 fully saturated rings. The first-order valence-corrected chi connectivity index (χ1v) is 6.72. The van der Waals surface area contributed by atoms with Crippen LogP contribution >= 0.6 is 0 Å². The molecule has 0 amide bonds. The Labute approximate surface area is 102 Å². The van der Waals surface area contributed by atoms with Crippen molar-refractivity contribution < 1.29 is 0 Å². The molecule has 3 heteroatoms. The monoisotopic (exact) mass is 229 g/mol. The highest BCUT2D eigenvalue weighted by Gasteiger charge is 2.20. The van der Waals surface area contributed by atoms with E-state index in [4.69, 9.17) is 4.98 Å². The van der Waals surface area contributed by atoms with E-state index in [0.717, 1.165) is 17.6 Å². The lowest BCUT2D eigenvalue weighted by molar-refractivity contribution is 0.351. The van der Waals surface area contributed by atoms with E-state index in [1.807, 2.05) is 12.3 Å². The minimum Gasteiger partial charge on any atom is -0.310 e. The van der Waals surface area contributed by atoms with Crippen molar-refractivity contribution >= 4 is 11.2 Å². The third-order valence-electron chi connectivity index (χ3n) is 3.78. The zero-order chi connectivity index (χ0) is 11.7. The van der Waals surface area contributed by atoms with Crippen LogP contribution in [0.4, 0.5) is 0 Å². The minimum atomic E-state index is 0.624. The average molecular weight is 229 g/mol. The zero-order valence-electron chi connectivity index (χ0n) is 10.4. The van der Waals surface area contributed by atoms with Gasteiger partial charge in [0.1, 0.15) is 11.3 Å². The van der Waals surface area contributed by atoms with Crippen LogP contribution in [0.3, 0.4) is 0 Å². The normalized spacial score (nSPS) is 17.7. The first-order chi connectivity index (χ1) is 8.40. The molecule has 2 heterocycles. The number of pyridine rings is 1. The number of fused-ring (bicyclic) bond motifs is 1. The van der Waals surface area contributed by atoms with Crippen molar-refractivity contribution in [2.45, 2.75) is 51.5 Å². The van der Waals surface area contributed by atoms with Gasteiger partial charge in [0.05, 0.1) is 0 Å². The molecule has 0 radical (unpaired) electrons. The van der Waals surface area contributed by atoms with Crippen LogP contribution in [0, 0.1) is 0 Å². The molecule has 2 aromatic rings. The number of aryl methyl sites for hydroxylation is 1. The molecule has 17 heavy (non-hydrogen) atoms. The van der Waals surface area contributed by atoms with Gasteiger partial charge in [-0.05, 0) is 25.0 Å². The van der Waals surface area contributed by atoms with E-state index < -0.39 is 0 Å². The predicted molar refractivity (Wildman–Crippen MR) is 69.0 cm³/mol. The topological polar surface area (TPSA) is 30.7 Å². The molecule has 0 atom stereocenters. The molecular formula is C14H19N3. The van der Waals surface area contributed by atoms with E-state index in [1.54, 1.807) is 0 Å². The van der Waals surface area contributed by atoms with Gasteiger partial charge in [-0.2, -0.15) is 0 Å². The molecule has 90 valence electrons. The highest BCUT2D eigenvalue weighted by atomic mass is 15.1. The average Bonchev–Trinajstić information content (AvgIpc) is 2.78. The van der Waals surface area contributed by atoms with Crippen molar-refractivity contribution in [1.82, 2.24) is 14.5 Å². The molecule has 0 aliphatic heterocycles. The maximum Gasteiger partial charge on any atom is 0.160 e. The van der Waals surface area contributed by atoms with Crippen LogP contribution in [0.15, 0.2) is 18.3 Å². The third-order valence-corrected chi connectivity index (χ3v) is 3.78. The van der Waals surface area contributed by atoms with Gasteiger partial charge in [-0.1, -0.05) is 26.2 Å². The van der Waals surface area contributed by atoms with Gasteiger partial charge in [0.2, 0.25) is 0 Å². The van der Waals surface area contributed by atoms with Crippen molar-refractivity contribution in [2.24, 2.45) is 0 Å². The lowest BCUT2D eigenvalue weighted by Gasteiger charge is -2.24. The second-order valence-corrected chi connectivity index (χ2v) is 4.89. The molecule has 0 saturated heterocycles. The molecule has 1 saturated carbocycles. The summed E-state index contributed by atoms with van der Waals surface area (Å²) in [6.45, 7) is 2.18. The second kappa shape index (κ2) is 4.47. The molecule has 3 rings (SSSR count). The fourth-order valence-corrected chi connectivity index (χ4v) is 2.95. The van der Waals surface area contributed by atoms with Crippen molar-refractivity contribution in [1.29, 1.82) is 0 Å². The summed E-state index contributed by atoms with van der Waals surface area (Å²) in [6.07, 6.45) is 9.53. The molecule has 1 aliphatic carbocycles. The predicted octanol–water partition coefficient (Wildman–Crippen LogP) is 3.50. The summed E-state index contributed by atoms with van der Waals surface area (Å²) >= 11 is 0. The van der Waals surface area contributed by atoms with Gasteiger partial charge in [0, 0.05) is 18.7 Å². The van der Waals surface area contributed by atoms with Gasteiger partial charge in [-0.25, -0.2) is 9.97 Å². The summed E-state index contributed by atoms with van der Waals surface area (Å²) < 4.78 is 2.40. The van der Waals surface area contributed by atoms with Gasteiger partial charge in [0.25, 0.3) is 0 Å². The smallest absolute Gasteiger partial charge is 0.160 e. The summed E-state index contributed by atoms with van der Waals surface area (Å²) in [5.74, 6) is 1.20. The molecule has 0 spiro atoms. The lowest BCUT2D eigenvalue weighted by Crippen LogP contribution is -2.15.